The summed E-state index contributed by atoms with van der Waals surface area (Å²) < 4.78 is 6.76. The largest absolute Gasteiger partial charge is 0.486 e. The SMILES string of the molecule is O=C(COc1ccc2cc(Br)ccc2c1)C1CCCCC1. The highest BCUT2D eigenvalue weighted by atomic mass is 79.9. The zero-order valence-corrected chi connectivity index (χ0v) is 13.6. The lowest BCUT2D eigenvalue weighted by atomic mass is 9.86. The lowest BCUT2D eigenvalue weighted by Gasteiger charge is -2.20. The van der Waals surface area contributed by atoms with Crippen LogP contribution in [0.5, 0.6) is 5.75 Å². The molecule has 3 rings (SSSR count). The molecule has 0 bridgehead atoms. The molecule has 1 aliphatic rings. The summed E-state index contributed by atoms with van der Waals surface area (Å²) in [4.78, 5) is 12.1. The first-order valence-corrected chi connectivity index (χ1v) is 8.36. The lowest BCUT2D eigenvalue weighted by Crippen LogP contribution is -2.23. The fraction of sp³-hybridized carbons (Fsp3) is 0.389. The Morgan fingerprint density at radius 2 is 1.76 bits per heavy atom. The Morgan fingerprint density at radius 3 is 2.57 bits per heavy atom. The van der Waals surface area contributed by atoms with E-state index < -0.39 is 0 Å². The van der Waals surface area contributed by atoms with Gasteiger partial charge < -0.3 is 4.74 Å². The molecule has 0 N–H and O–H groups in total. The van der Waals surface area contributed by atoms with Gasteiger partial charge in [0.15, 0.2) is 5.78 Å². The minimum absolute atomic E-state index is 0.201. The number of benzene rings is 2. The van der Waals surface area contributed by atoms with Crippen LogP contribution in [0.2, 0.25) is 0 Å². The maximum atomic E-state index is 12.1. The Kier molecular flexibility index (Phi) is 4.59. The van der Waals surface area contributed by atoms with Crippen molar-refractivity contribution in [2.75, 3.05) is 6.61 Å². The molecule has 0 aliphatic heterocycles. The topological polar surface area (TPSA) is 26.3 Å². The molecular weight excluding hydrogens is 328 g/mol. The third-order valence-electron chi connectivity index (χ3n) is 4.22. The fourth-order valence-electron chi connectivity index (χ4n) is 2.98. The Balaban J connectivity index is 1.64. The van der Waals surface area contributed by atoms with Crippen molar-refractivity contribution in [3.63, 3.8) is 0 Å². The van der Waals surface area contributed by atoms with Gasteiger partial charge in [0.25, 0.3) is 0 Å². The number of rotatable bonds is 4. The van der Waals surface area contributed by atoms with Gasteiger partial charge in [0, 0.05) is 10.4 Å². The molecule has 2 aromatic carbocycles. The Hall–Kier alpha value is -1.35. The predicted molar refractivity (Wildman–Crippen MR) is 88.7 cm³/mol. The zero-order chi connectivity index (χ0) is 14.7. The molecule has 110 valence electrons. The van der Waals surface area contributed by atoms with E-state index in [0.29, 0.717) is 0 Å². The maximum Gasteiger partial charge on any atom is 0.173 e. The molecule has 2 aromatic rings. The lowest BCUT2D eigenvalue weighted by molar-refractivity contribution is -0.125. The molecule has 2 nitrogen and oxygen atoms in total. The van der Waals surface area contributed by atoms with Crippen molar-refractivity contribution in [1.82, 2.24) is 0 Å². The van der Waals surface area contributed by atoms with E-state index in [1.807, 2.05) is 24.3 Å². The molecule has 3 heteroatoms. The second kappa shape index (κ2) is 6.61. The highest BCUT2D eigenvalue weighted by Gasteiger charge is 2.21. The van der Waals surface area contributed by atoms with E-state index >= 15 is 0 Å². The smallest absolute Gasteiger partial charge is 0.173 e. The minimum Gasteiger partial charge on any atom is -0.486 e. The van der Waals surface area contributed by atoms with Gasteiger partial charge in [0.1, 0.15) is 12.4 Å². The van der Waals surface area contributed by atoms with Crippen LogP contribution in [0.25, 0.3) is 10.8 Å². The zero-order valence-electron chi connectivity index (χ0n) is 12.0. The van der Waals surface area contributed by atoms with Gasteiger partial charge in [-0.25, -0.2) is 0 Å². The summed E-state index contributed by atoms with van der Waals surface area (Å²) in [6, 6.07) is 12.1. The van der Waals surface area contributed by atoms with Crippen molar-refractivity contribution < 1.29 is 9.53 Å². The van der Waals surface area contributed by atoms with Crippen LogP contribution >= 0.6 is 15.9 Å². The molecule has 1 saturated carbocycles. The molecule has 0 heterocycles. The van der Waals surface area contributed by atoms with Gasteiger partial charge in [-0.2, -0.15) is 0 Å². The molecule has 0 saturated heterocycles. The Morgan fingerprint density at radius 1 is 1.05 bits per heavy atom. The summed E-state index contributed by atoms with van der Waals surface area (Å²) in [7, 11) is 0. The van der Waals surface area contributed by atoms with E-state index in [1.54, 1.807) is 0 Å². The van der Waals surface area contributed by atoms with Gasteiger partial charge in [0.2, 0.25) is 0 Å². The third kappa shape index (κ3) is 3.65. The van der Waals surface area contributed by atoms with E-state index in [2.05, 4.69) is 28.1 Å². The summed E-state index contributed by atoms with van der Waals surface area (Å²) in [5.41, 5.74) is 0. The molecule has 0 amide bonds. The van der Waals surface area contributed by atoms with E-state index in [1.165, 1.54) is 19.3 Å². The first-order chi connectivity index (χ1) is 10.2. The second-order valence-corrected chi connectivity index (χ2v) is 6.66. The Bertz CT molecular complexity index is 645. The quantitative estimate of drug-likeness (QED) is 0.766. The highest BCUT2D eigenvalue weighted by molar-refractivity contribution is 9.10. The molecule has 0 spiro atoms. The van der Waals surface area contributed by atoms with Crippen LogP contribution in [0, 0.1) is 5.92 Å². The second-order valence-electron chi connectivity index (χ2n) is 5.74. The van der Waals surface area contributed by atoms with Gasteiger partial charge >= 0.3 is 0 Å². The molecular formula is C18H19BrO2. The summed E-state index contributed by atoms with van der Waals surface area (Å²) >= 11 is 3.47. The van der Waals surface area contributed by atoms with Gasteiger partial charge in [0.05, 0.1) is 0 Å². The number of halogens is 1. The van der Waals surface area contributed by atoms with Crippen molar-refractivity contribution in [3.8, 4) is 5.75 Å². The monoisotopic (exact) mass is 346 g/mol. The first kappa shape index (κ1) is 14.6. The van der Waals surface area contributed by atoms with Crippen LogP contribution in [0.15, 0.2) is 40.9 Å². The highest BCUT2D eigenvalue weighted by Crippen LogP contribution is 2.26. The number of hydrogen-bond donors (Lipinski definition) is 0. The number of hydrogen-bond acceptors (Lipinski definition) is 2. The standard InChI is InChI=1S/C18H19BrO2/c19-16-8-6-15-11-17(9-7-14(15)10-16)21-12-18(20)13-4-2-1-3-5-13/h6-11,13H,1-5,12H2. The molecule has 0 atom stereocenters. The normalized spacial score (nSPS) is 16.0. The van der Waals surface area contributed by atoms with Crippen LogP contribution in [0.3, 0.4) is 0 Å². The van der Waals surface area contributed by atoms with E-state index in [4.69, 9.17) is 4.74 Å². The fourth-order valence-corrected chi connectivity index (χ4v) is 3.36. The van der Waals surface area contributed by atoms with Crippen molar-refractivity contribution in [2.24, 2.45) is 5.92 Å². The van der Waals surface area contributed by atoms with E-state index in [0.717, 1.165) is 33.8 Å². The molecule has 21 heavy (non-hydrogen) atoms. The van der Waals surface area contributed by atoms with Crippen molar-refractivity contribution in [2.45, 2.75) is 32.1 Å². The van der Waals surface area contributed by atoms with E-state index in [9.17, 15) is 4.79 Å². The maximum absolute atomic E-state index is 12.1. The van der Waals surface area contributed by atoms with Gasteiger partial charge in [-0.3, -0.25) is 4.79 Å². The molecule has 0 unspecified atom stereocenters. The van der Waals surface area contributed by atoms with Gasteiger partial charge in [-0.05, 0) is 47.9 Å². The number of Topliss-reactive ketones (excluding diaryl/α,β-unsaturated/α-hetero) is 1. The van der Waals surface area contributed by atoms with Crippen LogP contribution in [-0.2, 0) is 4.79 Å². The summed E-state index contributed by atoms with van der Waals surface area (Å²) in [6.07, 6.45) is 5.70. The van der Waals surface area contributed by atoms with Crippen molar-refractivity contribution in [3.05, 3.63) is 40.9 Å². The third-order valence-corrected chi connectivity index (χ3v) is 4.71. The number of carbonyl (C=O) groups is 1. The van der Waals surface area contributed by atoms with Gasteiger partial charge in [-0.15, -0.1) is 0 Å². The average molecular weight is 347 g/mol. The van der Waals surface area contributed by atoms with E-state index in [-0.39, 0.29) is 18.3 Å². The molecule has 0 aromatic heterocycles. The predicted octanol–water partition coefficient (Wildman–Crippen LogP) is 5.13. The first-order valence-electron chi connectivity index (χ1n) is 7.57. The van der Waals surface area contributed by atoms with Crippen LogP contribution in [0.1, 0.15) is 32.1 Å². The number of ketones is 1. The minimum atomic E-state index is 0.201. The molecule has 1 aliphatic carbocycles. The summed E-state index contributed by atoms with van der Waals surface area (Å²) in [5, 5.41) is 2.29. The molecule has 0 radical (unpaired) electrons. The molecule has 1 fully saturated rings. The summed E-state index contributed by atoms with van der Waals surface area (Å²) in [6.45, 7) is 0.201. The van der Waals surface area contributed by atoms with Crippen LogP contribution < -0.4 is 4.74 Å². The van der Waals surface area contributed by atoms with Crippen LogP contribution in [0.4, 0.5) is 0 Å². The Labute approximate surface area is 133 Å². The number of ether oxygens (including phenoxy) is 1. The van der Waals surface area contributed by atoms with Crippen molar-refractivity contribution in [1.29, 1.82) is 0 Å². The summed E-state index contributed by atoms with van der Waals surface area (Å²) in [5.74, 6) is 1.25. The van der Waals surface area contributed by atoms with Crippen molar-refractivity contribution >= 4 is 32.5 Å². The number of fused-ring (bicyclic) bond motifs is 1. The van der Waals surface area contributed by atoms with Crippen LogP contribution in [-0.4, -0.2) is 12.4 Å². The average Bonchev–Trinajstić information content (AvgIpc) is 2.53. The number of carbonyl (C=O) groups excluding carboxylic acids is 1. The van der Waals surface area contributed by atoms with Gasteiger partial charge in [-0.1, -0.05) is 47.3 Å².